The predicted octanol–water partition coefficient (Wildman–Crippen LogP) is 6.06. The van der Waals surface area contributed by atoms with Crippen LogP contribution >= 0.6 is 23.1 Å². The van der Waals surface area contributed by atoms with Gasteiger partial charge in [-0.15, -0.1) is 11.3 Å². The summed E-state index contributed by atoms with van der Waals surface area (Å²) in [7, 11) is 0. The first-order valence-electron chi connectivity index (χ1n) is 11.6. The highest BCUT2D eigenvalue weighted by Gasteiger charge is 2.25. The number of rotatable bonds is 7. The van der Waals surface area contributed by atoms with E-state index < -0.39 is 0 Å². The molecule has 6 rings (SSSR count). The molecule has 3 heterocycles. The van der Waals surface area contributed by atoms with Gasteiger partial charge in [0.05, 0.1) is 15.9 Å². The zero-order chi connectivity index (χ0) is 22.9. The molecule has 0 spiro atoms. The van der Waals surface area contributed by atoms with E-state index in [9.17, 15) is 0 Å². The number of hydrogen-bond acceptors (Lipinski definition) is 7. The Morgan fingerprint density at radius 2 is 1.68 bits per heavy atom. The molecule has 1 aliphatic carbocycles. The summed E-state index contributed by atoms with van der Waals surface area (Å²) in [6, 6.07) is 21.0. The Morgan fingerprint density at radius 1 is 0.912 bits per heavy atom. The normalized spacial score (nSPS) is 13.0. The molecule has 0 bridgehead atoms. The minimum atomic E-state index is 0.550. The summed E-state index contributed by atoms with van der Waals surface area (Å²) in [5.74, 6) is 1.70. The van der Waals surface area contributed by atoms with Crippen LogP contribution < -0.4 is 11.1 Å². The lowest BCUT2D eigenvalue weighted by Gasteiger charge is -2.10. The van der Waals surface area contributed by atoms with Crippen LogP contribution in [0.5, 0.6) is 0 Å². The molecule has 3 N–H and O–H groups in total. The van der Waals surface area contributed by atoms with Crippen LogP contribution in [-0.2, 0) is 18.6 Å². The lowest BCUT2D eigenvalue weighted by atomic mass is 10.0. The largest absolute Gasteiger partial charge is 0.367 e. The molecule has 7 heteroatoms. The van der Waals surface area contributed by atoms with Gasteiger partial charge in [0.1, 0.15) is 10.6 Å². The molecular weight excluding hydrogens is 458 g/mol. The number of aromatic nitrogens is 3. The van der Waals surface area contributed by atoms with Crippen LogP contribution in [0, 0.1) is 0 Å². The zero-order valence-corrected chi connectivity index (χ0v) is 20.4. The van der Waals surface area contributed by atoms with Gasteiger partial charge in [0.2, 0.25) is 0 Å². The highest BCUT2D eigenvalue weighted by atomic mass is 32.2. The second-order valence-electron chi connectivity index (χ2n) is 8.44. The van der Waals surface area contributed by atoms with Gasteiger partial charge in [-0.05, 0) is 36.0 Å². The Kier molecular flexibility index (Phi) is 5.91. The molecule has 170 valence electrons. The maximum atomic E-state index is 5.81. The van der Waals surface area contributed by atoms with Crippen molar-refractivity contribution < 1.29 is 0 Å². The number of thiophene rings is 1. The smallest absolute Gasteiger partial charge is 0.190 e. The third-order valence-corrected chi connectivity index (χ3v) is 8.21. The number of pyridine rings is 1. The molecule has 0 unspecified atom stereocenters. The maximum absolute atomic E-state index is 5.81. The number of thioether (sulfide) groups is 1. The number of anilines is 1. The Balaban J connectivity index is 1.52. The standard InChI is InChI=1S/C27H25N5S2/c28-14-15-29-25-24-23(31-27(32-25)33-16-17-8-3-1-4-9-17)21-19-12-7-13-20(19)22(30-26(21)34-24)18-10-5-2-6-11-18/h1-6,8-11H,7,12-16,28H2,(H,29,31,32). The van der Waals surface area contributed by atoms with Gasteiger partial charge in [-0.3, -0.25) is 0 Å². The number of nitrogens with one attached hydrogen (secondary N) is 1. The Bertz CT molecular complexity index is 1470. The van der Waals surface area contributed by atoms with Crippen LogP contribution in [0.1, 0.15) is 23.1 Å². The average Bonchev–Trinajstić information content (AvgIpc) is 3.51. The lowest BCUT2D eigenvalue weighted by molar-refractivity contribution is 0.913. The van der Waals surface area contributed by atoms with Crippen molar-refractivity contribution in [2.75, 3.05) is 18.4 Å². The molecule has 0 saturated carbocycles. The number of fused-ring (bicyclic) bond motifs is 5. The minimum Gasteiger partial charge on any atom is -0.367 e. The monoisotopic (exact) mass is 483 g/mol. The third kappa shape index (κ3) is 3.94. The number of nitrogens with two attached hydrogens (primary N) is 1. The molecule has 0 fully saturated rings. The van der Waals surface area contributed by atoms with E-state index in [2.05, 4.69) is 59.9 Å². The van der Waals surface area contributed by atoms with Crippen molar-refractivity contribution in [3.8, 4) is 11.3 Å². The van der Waals surface area contributed by atoms with Crippen molar-refractivity contribution in [1.29, 1.82) is 0 Å². The summed E-state index contributed by atoms with van der Waals surface area (Å²) in [5.41, 5.74) is 13.2. The van der Waals surface area contributed by atoms with E-state index in [0.717, 1.165) is 56.7 Å². The van der Waals surface area contributed by atoms with Crippen LogP contribution in [-0.4, -0.2) is 28.0 Å². The second kappa shape index (κ2) is 9.33. The van der Waals surface area contributed by atoms with Crippen molar-refractivity contribution >= 4 is 49.3 Å². The van der Waals surface area contributed by atoms with E-state index >= 15 is 0 Å². The van der Waals surface area contributed by atoms with E-state index in [-0.39, 0.29) is 0 Å². The van der Waals surface area contributed by atoms with Crippen LogP contribution in [0.2, 0.25) is 0 Å². The maximum Gasteiger partial charge on any atom is 0.190 e. The van der Waals surface area contributed by atoms with E-state index in [1.165, 1.54) is 27.6 Å². The fourth-order valence-corrected chi connectivity index (χ4v) is 6.59. The van der Waals surface area contributed by atoms with Crippen LogP contribution in [0.15, 0.2) is 65.8 Å². The first-order valence-corrected chi connectivity index (χ1v) is 13.4. The van der Waals surface area contributed by atoms with E-state index in [1.807, 2.05) is 6.07 Å². The van der Waals surface area contributed by atoms with E-state index in [0.29, 0.717) is 13.1 Å². The fourth-order valence-electron chi connectivity index (χ4n) is 4.68. The first kappa shape index (κ1) is 21.5. The molecule has 0 amide bonds. The van der Waals surface area contributed by atoms with Gasteiger partial charge < -0.3 is 11.1 Å². The molecule has 1 aliphatic rings. The predicted molar refractivity (Wildman–Crippen MR) is 144 cm³/mol. The van der Waals surface area contributed by atoms with Crippen LogP contribution in [0.3, 0.4) is 0 Å². The fraction of sp³-hybridized carbons (Fsp3) is 0.222. The lowest BCUT2D eigenvalue weighted by Crippen LogP contribution is -2.14. The van der Waals surface area contributed by atoms with Gasteiger partial charge in [0, 0.05) is 29.8 Å². The van der Waals surface area contributed by atoms with Gasteiger partial charge in [0.25, 0.3) is 0 Å². The number of hydrogen-bond donors (Lipinski definition) is 2. The average molecular weight is 484 g/mol. The summed E-state index contributed by atoms with van der Waals surface area (Å²) in [4.78, 5) is 16.2. The Hall–Kier alpha value is -3.00. The highest BCUT2D eigenvalue weighted by Crippen LogP contribution is 2.44. The van der Waals surface area contributed by atoms with Crippen molar-refractivity contribution in [1.82, 2.24) is 15.0 Å². The van der Waals surface area contributed by atoms with E-state index in [4.69, 9.17) is 20.7 Å². The van der Waals surface area contributed by atoms with Crippen molar-refractivity contribution in [3.05, 3.63) is 77.4 Å². The summed E-state index contributed by atoms with van der Waals surface area (Å²) < 4.78 is 1.07. The number of nitrogens with zero attached hydrogens (tertiary/aromatic N) is 3. The molecule has 0 radical (unpaired) electrons. The molecule has 0 atom stereocenters. The molecule has 0 saturated heterocycles. The molecular formula is C27H25N5S2. The third-order valence-electron chi connectivity index (χ3n) is 6.21. The van der Waals surface area contributed by atoms with Gasteiger partial charge >= 0.3 is 0 Å². The number of aryl methyl sites for hydroxylation is 1. The molecule has 5 aromatic rings. The van der Waals surface area contributed by atoms with Crippen LogP contribution in [0.25, 0.3) is 31.7 Å². The topological polar surface area (TPSA) is 76.7 Å². The summed E-state index contributed by atoms with van der Waals surface area (Å²) in [6.45, 7) is 1.22. The molecule has 3 aromatic heterocycles. The summed E-state index contributed by atoms with van der Waals surface area (Å²) in [5, 5.41) is 5.45. The van der Waals surface area contributed by atoms with Crippen molar-refractivity contribution in [2.24, 2.45) is 5.73 Å². The molecule has 5 nitrogen and oxygen atoms in total. The van der Waals surface area contributed by atoms with Gasteiger partial charge in [0.15, 0.2) is 5.16 Å². The quantitative estimate of drug-likeness (QED) is 0.216. The van der Waals surface area contributed by atoms with Gasteiger partial charge in [-0.2, -0.15) is 0 Å². The van der Waals surface area contributed by atoms with Crippen LogP contribution in [0.4, 0.5) is 5.82 Å². The van der Waals surface area contributed by atoms with E-state index in [1.54, 1.807) is 23.1 Å². The first-order chi connectivity index (χ1) is 16.8. The summed E-state index contributed by atoms with van der Waals surface area (Å²) in [6.07, 6.45) is 3.30. The van der Waals surface area contributed by atoms with Gasteiger partial charge in [-0.1, -0.05) is 72.4 Å². The SMILES string of the molecule is NCCNc1nc(SCc2ccccc2)nc2c1sc1nc(-c3ccccc3)c3c(c12)CCC3. The number of benzene rings is 2. The molecule has 0 aliphatic heterocycles. The molecule has 2 aromatic carbocycles. The van der Waals surface area contributed by atoms with Crippen molar-refractivity contribution in [3.63, 3.8) is 0 Å². The Morgan fingerprint density at radius 3 is 2.47 bits per heavy atom. The summed E-state index contributed by atoms with van der Waals surface area (Å²) >= 11 is 3.36. The highest BCUT2D eigenvalue weighted by molar-refractivity contribution is 7.98. The Labute approximate surface area is 206 Å². The zero-order valence-electron chi connectivity index (χ0n) is 18.8. The van der Waals surface area contributed by atoms with Crippen molar-refractivity contribution in [2.45, 2.75) is 30.2 Å². The molecule has 34 heavy (non-hydrogen) atoms. The second-order valence-corrected chi connectivity index (χ2v) is 10.4. The minimum absolute atomic E-state index is 0.550. The van der Waals surface area contributed by atoms with Gasteiger partial charge in [-0.25, -0.2) is 15.0 Å².